The molecule has 2 aromatic rings. The van der Waals surface area contributed by atoms with Crippen molar-refractivity contribution in [3.63, 3.8) is 0 Å². The molecule has 1 N–H and O–H groups in total. The molecule has 1 aromatic heterocycles. The molecule has 0 aliphatic rings. The summed E-state index contributed by atoms with van der Waals surface area (Å²) in [6.07, 6.45) is 0.497. The molecule has 17 heavy (non-hydrogen) atoms. The summed E-state index contributed by atoms with van der Waals surface area (Å²) in [5.74, 6) is 0.146. The Hall–Kier alpha value is -1.90. The van der Waals surface area contributed by atoms with Crippen molar-refractivity contribution < 1.29 is 4.79 Å². The topological polar surface area (TPSA) is 49.9 Å². The van der Waals surface area contributed by atoms with E-state index in [4.69, 9.17) is 0 Å². The molecule has 2 rings (SSSR count). The molecule has 0 saturated carbocycles. The molecule has 0 radical (unpaired) electrons. The molecule has 88 valence electrons. The largest absolute Gasteiger partial charge is 0.322 e. The summed E-state index contributed by atoms with van der Waals surface area (Å²) < 4.78 is 0. The van der Waals surface area contributed by atoms with E-state index in [0.717, 1.165) is 27.6 Å². The number of hydrogen-bond donors (Lipinski definition) is 1. The number of benzene rings is 1. The molecule has 3 nitrogen and oxygen atoms in total. The number of nitrogens with one attached hydrogen (secondary N) is 1. The first-order valence-electron chi connectivity index (χ1n) is 5.71. The fraction of sp³-hybridized carbons (Fsp3) is 0.286. The second kappa shape index (κ2) is 4.17. The zero-order valence-corrected chi connectivity index (χ0v) is 10.3. The number of Topliss-reactive ketones (excluding diaryl/α,β-unsaturated/α-hetero) is 1. The summed E-state index contributed by atoms with van der Waals surface area (Å²) >= 11 is 0. The van der Waals surface area contributed by atoms with Crippen LogP contribution in [0.25, 0.3) is 10.9 Å². The lowest BCUT2D eigenvalue weighted by Crippen LogP contribution is -2.07. The number of rotatable bonds is 2. The van der Waals surface area contributed by atoms with Gasteiger partial charge in [-0.2, -0.15) is 0 Å². The van der Waals surface area contributed by atoms with E-state index in [0.29, 0.717) is 6.42 Å². The van der Waals surface area contributed by atoms with Crippen LogP contribution in [0.15, 0.2) is 23.0 Å². The highest BCUT2D eigenvalue weighted by Crippen LogP contribution is 2.24. The molecule has 0 spiro atoms. The molecule has 0 atom stereocenters. The number of aromatic nitrogens is 1. The van der Waals surface area contributed by atoms with Crippen LogP contribution in [0.3, 0.4) is 0 Å². The first kappa shape index (κ1) is 11.6. The van der Waals surface area contributed by atoms with E-state index >= 15 is 0 Å². The van der Waals surface area contributed by atoms with Crippen LogP contribution in [0.1, 0.15) is 34.8 Å². The predicted octanol–water partition coefficient (Wildman–Crippen LogP) is 2.74. The summed E-state index contributed by atoms with van der Waals surface area (Å²) in [7, 11) is 0. The van der Waals surface area contributed by atoms with Crippen LogP contribution in [0, 0.1) is 13.8 Å². The Morgan fingerprint density at radius 3 is 2.65 bits per heavy atom. The Bertz CT molecular complexity index is 653. The fourth-order valence-corrected chi connectivity index (χ4v) is 2.26. The molecule has 0 amide bonds. The summed E-state index contributed by atoms with van der Waals surface area (Å²) in [5.41, 5.74) is 3.32. The van der Waals surface area contributed by atoms with Crippen LogP contribution in [-0.4, -0.2) is 10.8 Å². The quantitative estimate of drug-likeness (QED) is 0.805. The highest BCUT2D eigenvalue weighted by molar-refractivity contribution is 6.03. The van der Waals surface area contributed by atoms with Gasteiger partial charge in [-0.3, -0.25) is 9.59 Å². The van der Waals surface area contributed by atoms with Crippen molar-refractivity contribution in [2.24, 2.45) is 0 Å². The molecule has 0 unspecified atom stereocenters. The minimum atomic E-state index is -0.120. The molecular weight excluding hydrogens is 214 g/mol. The maximum Gasteiger partial charge on any atom is 0.248 e. The number of H-pyrrole nitrogens is 1. The van der Waals surface area contributed by atoms with Crippen LogP contribution in [0.4, 0.5) is 0 Å². The minimum absolute atomic E-state index is 0.120. The van der Waals surface area contributed by atoms with Crippen molar-refractivity contribution in [3.05, 3.63) is 45.2 Å². The van der Waals surface area contributed by atoms with Gasteiger partial charge in [-0.15, -0.1) is 0 Å². The second-order valence-electron chi connectivity index (χ2n) is 4.25. The Morgan fingerprint density at radius 1 is 1.29 bits per heavy atom. The highest BCUT2D eigenvalue weighted by Gasteiger charge is 2.13. The molecule has 0 fully saturated rings. The Kier molecular flexibility index (Phi) is 2.84. The summed E-state index contributed by atoms with van der Waals surface area (Å²) in [6, 6.07) is 5.13. The maximum absolute atomic E-state index is 11.9. The molecule has 3 heteroatoms. The number of pyridine rings is 1. The van der Waals surface area contributed by atoms with E-state index in [-0.39, 0.29) is 11.3 Å². The van der Waals surface area contributed by atoms with E-state index in [9.17, 15) is 9.59 Å². The standard InChI is InChI=1S/C14H15NO2/c1-4-12(16)14-8(2)7-11-10(9(14)3)5-6-13(17)15-11/h5-7H,4H2,1-3H3,(H,15,17). The molecule has 0 bridgehead atoms. The highest BCUT2D eigenvalue weighted by atomic mass is 16.1. The van der Waals surface area contributed by atoms with E-state index in [2.05, 4.69) is 4.98 Å². The van der Waals surface area contributed by atoms with Crippen LogP contribution in [-0.2, 0) is 0 Å². The van der Waals surface area contributed by atoms with Gasteiger partial charge in [0.15, 0.2) is 5.78 Å². The summed E-state index contributed by atoms with van der Waals surface area (Å²) in [6.45, 7) is 5.69. The lowest BCUT2D eigenvalue weighted by Gasteiger charge is -2.11. The lowest BCUT2D eigenvalue weighted by atomic mass is 9.94. The lowest BCUT2D eigenvalue weighted by molar-refractivity contribution is 0.0987. The number of hydrogen-bond acceptors (Lipinski definition) is 2. The Balaban J connectivity index is 2.85. The number of carbonyl (C=O) groups excluding carboxylic acids is 1. The predicted molar refractivity (Wildman–Crippen MR) is 68.7 cm³/mol. The van der Waals surface area contributed by atoms with E-state index in [1.54, 1.807) is 6.07 Å². The van der Waals surface area contributed by atoms with Crippen LogP contribution >= 0.6 is 0 Å². The van der Waals surface area contributed by atoms with Gasteiger partial charge in [0.05, 0.1) is 0 Å². The average Bonchev–Trinajstić information content (AvgIpc) is 2.28. The van der Waals surface area contributed by atoms with Crippen molar-refractivity contribution in [2.75, 3.05) is 0 Å². The summed E-state index contributed by atoms with van der Waals surface area (Å²) in [4.78, 5) is 25.9. The van der Waals surface area contributed by atoms with Crippen molar-refractivity contribution in [2.45, 2.75) is 27.2 Å². The zero-order chi connectivity index (χ0) is 12.6. The minimum Gasteiger partial charge on any atom is -0.322 e. The van der Waals surface area contributed by atoms with Gasteiger partial charge in [0, 0.05) is 29.0 Å². The van der Waals surface area contributed by atoms with E-state index < -0.39 is 0 Å². The van der Waals surface area contributed by atoms with Crippen molar-refractivity contribution in [1.29, 1.82) is 0 Å². The Labute approximate surface area is 99.5 Å². The first-order chi connectivity index (χ1) is 8.04. The normalized spacial score (nSPS) is 10.8. The third-order valence-corrected chi connectivity index (χ3v) is 3.08. The second-order valence-corrected chi connectivity index (χ2v) is 4.25. The summed E-state index contributed by atoms with van der Waals surface area (Å²) in [5, 5.41) is 0.937. The molecule has 0 aliphatic carbocycles. The monoisotopic (exact) mass is 229 g/mol. The van der Waals surface area contributed by atoms with Crippen molar-refractivity contribution >= 4 is 16.7 Å². The number of aromatic amines is 1. The number of ketones is 1. The maximum atomic E-state index is 11.9. The number of fused-ring (bicyclic) bond motifs is 1. The SMILES string of the molecule is CCC(=O)c1c(C)cc2[nH]c(=O)ccc2c1C. The van der Waals surface area contributed by atoms with Crippen molar-refractivity contribution in [3.8, 4) is 0 Å². The smallest absolute Gasteiger partial charge is 0.248 e. The van der Waals surface area contributed by atoms with Gasteiger partial charge in [0.2, 0.25) is 5.56 Å². The van der Waals surface area contributed by atoms with Gasteiger partial charge < -0.3 is 4.98 Å². The van der Waals surface area contributed by atoms with Crippen molar-refractivity contribution in [1.82, 2.24) is 4.98 Å². The van der Waals surface area contributed by atoms with Gasteiger partial charge in [0.25, 0.3) is 0 Å². The zero-order valence-electron chi connectivity index (χ0n) is 10.3. The molecule has 1 heterocycles. The van der Waals surface area contributed by atoms with Gasteiger partial charge in [-0.1, -0.05) is 6.92 Å². The van der Waals surface area contributed by atoms with Gasteiger partial charge in [-0.05, 0) is 37.1 Å². The third-order valence-electron chi connectivity index (χ3n) is 3.08. The van der Waals surface area contributed by atoms with Gasteiger partial charge in [-0.25, -0.2) is 0 Å². The van der Waals surface area contributed by atoms with Crippen LogP contribution in [0.2, 0.25) is 0 Å². The Morgan fingerprint density at radius 2 is 2.00 bits per heavy atom. The fourth-order valence-electron chi connectivity index (χ4n) is 2.26. The third kappa shape index (κ3) is 1.88. The molecule has 1 aromatic carbocycles. The molecular formula is C14H15NO2. The number of carbonyl (C=O) groups is 1. The average molecular weight is 229 g/mol. The van der Waals surface area contributed by atoms with E-state index in [1.165, 1.54) is 6.07 Å². The first-order valence-corrected chi connectivity index (χ1v) is 5.71. The number of aryl methyl sites for hydroxylation is 2. The van der Waals surface area contributed by atoms with Crippen LogP contribution < -0.4 is 5.56 Å². The molecule has 0 aliphatic heterocycles. The van der Waals surface area contributed by atoms with Crippen LogP contribution in [0.5, 0.6) is 0 Å². The van der Waals surface area contributed by atoms with Gasteiger partial charge in [0.1, 0.15) is 0 Å². The van der Waals surface area contributed by atoms with E-state index in [1.807, 2.05) is 26.8 Å². The van der Waals surface area contributed by atoms with Gasteiger partial charge >= 0.3 is 0 Å². The molecule has 0 saturated heterocycles.